The fourth-order valence-electron chi connectivity index (χ4n) is 1.87. The summed E-state index contributed by atoms with van der Waals surface area (Å²) in [4.78, 5) is 0. The summed E-state index contributed by atoms with van der Waals surface area (Å²) < 4.78 is 1.89. The molecule has 2 rings (SSSR count). The maximum Gasteiger partial charge on any atom is 0.0958 e. The molecule has 2 aromatic rings. The quantitative estimate of drug-likeness (QED) is 0.696. The molecule has 3 nitrogen and oxygen atoms in total. The fraction of sp³-hybridized carbons (Fsp3) is 0.571. The number of pyridine rings is 1. The summed E-state index contributed by atoms with van der Waals surface area (Å²) in [6.07, 6.45) is 2.08. The van der Waals surface area contributed by atoms with Gasteiger partial charge in [0.05, 0.1) is 11.2 Å². The normalized spacial score (nSPS) is 13.3. The van der Waals surface area contributed by atoms with Gasteiger partial charge in [0.25, 0.3) is 0 Å². The molecule has 0 aliphatic heterocycles. The molecule has 0 spiro atoms. The van der Waals surface area contributed by atoms with Crippen LogP contribution in [0.25, 0.3) is 5.52 Å². The number of nitrogens with zero attached hydrogens (tertiary/aromatic N) is 3. The van der Waals surface area contributed by atoms with Gasteiger partial charge < -0.3 is 0 Å². The molecule has 0 bridgehead atoms. The summed E-state index contributed by atoms with van der Waals surface area (Å²) >= 11 is 0. The second-order valence-electron chi connectivity index (χ2n) is 6.69. The number of fused-ring (bicyclic) bond motifs is 1. The van der Waals surface area contributed by atoms with Crippen molar-refractivity contribution in [2.24, 2.45) is 0 Å². The number of aromatic nitrogens is 3. The number of hydrogen-bond acceptors (Lipinski definition) is 2. The molecular weight excluding hydrogens is 210 g/mol. The Morgan fingerprint density at radius 3 is 2.12 bits per heavy atom. The molecule has 0 saturated carbocycles. The van der Waals surface area contributed by atoms with Crippen LogP contribution in [0.2, 0.25) is 0 Å². The molecule has 2 heterocycles. The molecule has 0 amide bonds. The summed E-state index contributed by atoms with van der Waals surface area (Å²) in [7, 11) is 0. The van der Waals surface area contributed by atoms with E-state index in [0.717, 1.165) is 11.2 Å². The number of hydrogen-bond donors (Lipinski definition) is 0. The lowest BCUT2D eigenvalue weighted by atomic mass is 9.87. The van der Waals surface area contributed by atoms with Crippen LogP contribution in [-0.2, 0) is 10.8 Å². The zero-order chi connectivity index (χ0) is 12.8. The van der Waals surface area contributed by atoms with E-state index >= 15 is 0 Å². The molecule has 3 heteroatoms. The van der Waals surface area contributed by atoms with Crippen LogP contribution >= 0.6 is 0 Å². The molecule has 0 aliphatic rings. The second-order valence-corrected chi connectivity index (χ2v) is 6.69. The highest BCUT2D eigenvalue weighted by Gasteiger charge is 2.22. The van der Waals surface area contributed by atoms with Crippen molar-refractivity contribution in [3.8, 4) is 0 Å². The third-order valence-corrected chi connectivity index (χ3v) is 2.99. The first-order valence-electron chi connectivity index (χ1n) is 6.05. The Kier molecular flexibility index (Phi) is 2.53. The minimum Gasteiger partial charge on any atom is -0.220 e. The van der Waals surface area contributed by atoms with Crippen LogP contribution in [0.4, 0.5) is 0 Å². The first kappa shape index (κ1) is 12.1. The summed E-state index contributed by atoms with van der Waals surface area (Å²) in [6.45, 7) is 13.1. The van der Waals surface area contributed by atoms with Crippen molar-refractivity contribution in [2.75, 3.05) is 0 Å². The van der Waals surface area contributed by atoms with Crippen LogP contribution in [0, 0.1) is 0 Å². The highest BCUT2D eigenvalue weighted by atomic mass is 15.4. The summed E-state index contributed by atoms with van der Waals surface area (Å²) in [5.41, 5.74) is 3.60. The van der Waals surface area contributed by atoms with Crippen LogP contribution in [0.1, 0.15) is 52.8 Å². The van der Waals surface area contributed by atoms with Crippen molar-refractivity contribution < 1.29 is 0 Å². The van der Waals surface area contributed by atoms with E-state index in [1.54, 1.807) is 0 Å². The zero-order valence-corrected chi connectivity index (χ0v) is 11.6. The van der Waals surface area contributed by atoms with Gasteiger partial charge in [0, 0.05) is 11.6 Å². The molecule has 2 aromatic heterocycles. The monoisotopic (exact) mass is 231 g/mol. The molecule has 0 radical (unpaired) electrons. The summed E-state index contributed by atoms with van der Waals surface area (Å²) in [5.74, 6) is 0. The largest absolute Gasteiger partial charge is 0.220 e. The van der Waals surface area contributed by atoms with Gasteiger partial charge in [-0.15, -0.1) is 5.10 Å². The van der Waals surface area contributed by atoms with Gasteiger partial charge in [0.15, 0.2) is 0 Å². The van der Waals surface area contributed by atoms with Gasteiger partial charge in [-0.25, -0.2) is 4.52 Å². The van der Waals surface area contributed by atoms with Gasteiger partial charge in [0.1, 0.15) is 0 Å². The molecule has 17 heavy (non-hydrogen) atoms. The van der Waals surface area contributed by atoms with Gasteiger partial charge in [-0.3, -0.25) is 0 Å². The van der Waals surface area contributed by atoms with Gasteiger partial charge in [-0.1, -0.05) is 52.8 Å². The Hall–Kier alpha value is -1.38. The first-order chi connectivity index (χ1) is 7.69. The molecule has 0 saturated heterocycles. The number of rotatable bonds is 0. The van der Waals surface area contributed by atoms with E-state index in [-0.39, 0.29) is 10.8 Å². The lowest BCUT2D eigenvalue weighted by Crippen LogP contribution is -2.13. The van der Waals surface area contributed by atoms with Crippen molar-refractivity contribution in [1.82, 2.24) is 14.8 Å². The predicted molar refractivity (Wildman–Crippen MR) is 70.4 cm³/mol. The highest BCUT2D eigenvalue weighted by molar-refractivity contribution is 5.54. The smallest absolute Gasteiger partial charge is 0.0958 e. The van der Waals surface area contributed by atoms with E-state index in [9.17, 15) is 0 Å². The first-order valence-corrected chi connectivity index (χ1v) is 6.05. The maximum absolute atomic E-state index is 4.30. The average Bonchev–Trinajstić information content (AvgIpc) is 2.57. The Balaban J connectivity index is 2.61. The van der Waals surface area contributed by atoms with Crippen molar-refractivity contribution in [3.05, 3.63) is 29.6 Å². The van der Waals surface area contributed by atoms with E-state index < -0.39 is 0 Å². The molecule has 0 aliphatic carbocycles. The van der Waals surface area contributed by atoms with Gasteiger partial charge >= 0.3 is 0 Å². The Morgan fingerprint density at radius 2 is 1.59 bits per heavy atom. The van der Waals surface area contributed by atoms with Gasteiger partial charge in [-0.2, -0.15) is 0 Å². The van der Waals surface area contributed by atoms with E-state index in [0.29, 0.717) is 0 Å². The van der Waals surface area contributed by atoms with E-state index in [1.165, 1.54) is 5.56 Å². The van der Waals surface area contributed by atoms with Crippen LogP contribution < -0.4 is 0 Å². The fourth-order valence-corrected chi connectivity index (χ4v) is 1.87. The molecule has 0 unspecified atom stereocenters. The summed E-state index contributed by atoms with van der Waals surface area (Å²) in [6, 6.07) is 4.30. The van der Waals surface area contributed by atoms with Gasteiger partial charge in [-0.05, 0) is 17.0 Å². The van der Waals surface area contributed by atoms with Crippen LogP contribution in [0.15, 0.2) is 18.3 Å². The Morgan fingerprint density at radius 1 is 0.941 bits per heavy atom. The zero-order valence-electron chi connectivity index (χ0n) is 11.6. The second kappa shape index (κ2) is 3.56. The van der Waals surface area contributed by atoms with E-state index in [4.69, 9.17) is 0 Å². The Labute approximate surface area is 103 Å². The van der Waals surface area contributed by atoms with Crippen LogP contribution in [0.3, 0.4) is 0 Å². The average molecular weight is 231 g/mol. The third-order valence-electron chi connectivity index (χ3n) is 2.99. The SMILES string of the molecule is CC(C)(C)c1ccc2c(C(C)(C)C)nnn2c1. The van der Waals surface area contributed by atoms with Crippen molar-refractivity contribution in [2.45, 2.75) is 52.4 Å². The minimum atomic E-state index is 0.0327. The standard InChI is InChI=1S/C14H21N3/c1-13(2,3)10-7-8-11-12(14(4,5)6)15-16-17(11)9-10/h7-9H,1-6H3. The van der Waals surface area contributed by atoms with Crippen molar-refractivity contribution >= 4 is 5.52 Å². The maximum atomic E-state index is 4.30. The summed E-state index contributed by atoms with van der Waals surface area (Å²) in [5, 5.41) is 8.53. The minimum absolute atomic E-state index is 0.0327. The van der Waals surface area contributed by atoms with Crippen molar-refractivity contribution in [1.29, 1.82) is 0 Å². The molecular formula is C14H21N3. The lowest BCUT2D eigenvalue weighted by molar-refractivity contribution is 0.570. The van der Waals surface area contributed by atoms with E-state index in [2.05, 4.69) is 70.2 Å². The Bertz CT molecular complexity index is 539. The molecule has 0 N–H and O–H groups in total. The molecule has 0 fully saturated rings. The molecule has 0 atom stereocenters. The third kappa shape index (κ3) is 2.19. The lowest BCUT2D eigenvalue weighted by Gasteiger charge is -2.19. The van der Waals surface area contributed by atoms with Crippen LogP contribution in [0.5, 0.6) is 0 Å². The molecule has 92 valence electrons. The van der Waals surface area contributed by atoms with Gasteiger partial charge in [0.2, 0.25) is 0 Å². The van der Waals surface area contributed by atoms with Crippen LogP contribution in [-0.4, -0.2) is 14.8 Å². The highest BCUT2D eigenvalue weighted by Crippen LogP contribution is 2.27. The topological polar surface area (TPSA) is 30.2 Å². The van der Waals surface area contributed by atoms with E-state index in [1.807, 2.05) is 4.52 Å². The predicted octanol–water partition coefficient (Wildman–Crippen LogP) is 3.32. The molecule has 0 aromatic carbocycles. The van der Waals surface area contributed by atoms with Crippen molar-refractivity contribution in [3.63, 3.8) is 0 Å².